The molecule has 2 nitrogen and oxygen atoms in total. The van der Waals surface area contributed by atoms with Crippen LogP contribution in [0.5, 0.6) is 0 Å². The molecule has 0 aliphatic rings. The smallest absolute Gasteiger partial charge is 0.0690 e. The molecule has 1 N–H and O–H groups in total. The van der Waals surface area contributed by atoms with Crippen LogP contribution in [0.25, 0.3) is 0 Å². The molecule has 0 saturated carbocycles. The molecule has 0 aromatic carbocycles. The Kier molecular flexibility index (Phi) is 5.83. The zero-order chi connectivity index (χ0) is 7.82. The first-order valence-corrected chi connectivity index (χ1v) is 3.71. The molecule has 0 rings (SSSR count). The van der Waals surface area contributed by atoms with E-state index in [4.69, 9.17) is 5.21 Å². The summed E-state index contributed by atoms with van der Waals surface area (Å²) >= 11 is 0. The molecule has 10 heavy (non-hydrogen) atoms. The van der Waals surface area contributed by atoms with E-state index in [1.807, 2.05) is 6.92 Å². The average Bonchev–Trinajstić information content (AvgIpc) is 1.98. The summed E-state index contributed by atoms with van der Waals surface area (Å²) in [4.78, 5) is 0. The summed E-state index contributed by atoms with van der Waals surface area (Å²) in [5.41, 5.74) is 1.10. The number of allylic oxidation sites excluding steroid dienone is 2. The van der Waals surface area contributed by atoms with Crippen LogP contribution in [0.15, 0.2) is 16.8 Å². The van der Waals surface area contributed by atoms with Crippen LogP contribution in [0.4, 0.5) is 0 Å². The Morgan fingerprint density at radius 1 is 1.50 bits per heavy atom. The van der Waals surface area contributed by atoms with Gasteiger partial charge in [0.15, 0.2) is 0 Å². The lowest BCUT2D eigenvalue weighted by Crippen LogP contribution is -1.81. The zero-order valence-corrected chi connectivity index (χ0v) is 6.67. The molecular weight excluding hydrogens is 126 g/mol. The van der Waals surface area contributed by atoms with E-state index >= 15 is 0 Å². The van der Waals surface area contributed by atoms with Crippen LogP contribution in [-0.4, -0.2) is 11.4 Å². The zero-order valence-electron chi connectivity index (χ0n) is 6.67. The van der Waals surface area contributed by atoms with E-state index in [1.54, 1.807) is 0 Å². The van der Waals surface area contributed by atoms with Gasteiger partial charge < -0.3 is 5.21 Å². The molecule has 0 saturated heterocycles. The highest BCUT2D eigenvalue weighted by atomic mass is 16.4. The molecule has 0 fully saturated rings. The molecule has 0 radical (unpaired) electrons. The standard InChI is InChI=1S/C8H15NO/c1-3-5-6-8(4-2)7-9-10/h6-7,10H,3-5H2,1-2H3. The molecule has 0 spiro atoms. The van der Waals surface area contributed by atoms with E-state index in [1.165, 1.54) is 6.21 Å². The summed E-state index contributed by atoms with van der Waals surface area (Å²) in [6, 6.07) is 0. The van der Waals surface area contributed by atoms with Crippen LogP contribution in [0.1, 0.15) is 33.1 Å². The van der Waals surface area contributed by atoms with Crippen LogP contribution in [-0.2, 0) is 0 Å². The molecule has 0 amide bonds. The fourth-order valence-corrected chi connectivity index (χ4v) is 0.692. The highest BCUT2D eigenvalue weighted by Crippen LogP contribution is 2.00. The number of nitrogens with zero attached hydrogens (tertiary/aromatic N) is 1. The lowest BCUT2D eigenvalue weighted by Gasteiger charge is -1.92. The van der Waals surface area contributed by atoms with E-state index < -0.39 is 0 Å². The van der Waals surface area contributed by atoms with Crippen molar-refractivity contribution in [2.45, 2.75) is 33.1 Å². The molecule has 0 unspecified atom stereocenters. The fourth-order valence-electron chi connectivity index (χ4n) is 0.692. The van der Waals surface area contributed by atoms with Gasteiger partial charge in [-0.15, -0.1) is 0 Å². The molecule has 2 heteroatoms. The second kappa shape index (κ2) is 6.33. The van der Waals surface area contributed by atoms with Gasteiger partial charge >= 0.3 is 0 Å². The summed E-state index contributed by atoms with van der Waals surface area (Å²) in [5.74, 6) is 0. The van der Waals surface area contributed by atoms with E-state index in [0.717, 1.165) is 24.8 Å². The number of unbranched alkanes of at least 4 members (excludes halogenated alkanes) is 1. The Bertz CT molecular complexity index is 127. The quantitative estimate of drug-likeness (QED) is 0.364. The third-order valence-corrected chi connectivity index (χ3v) is 1.33. The number of oxime groups is 1. The van der Waals surface area contributed by atoms with Crippen LogP contribution < -0.4 is 0 Å². The topological polar surface area (TPSA) is 32.6 Å². The maximum Gasteiger partial charge on any atom is 0.0690 e. The van der Waals surface area contributed by atoms with Crippen molar-refractivity contribution in [2.75, 3.05) is 0 Å². The van der Waals surface area contributed by atoms with Gasteiger partial charge in [0.05, 0.1) is 6.21 Å². The first-order chi connectivity index (χ1) is 4.85. The average molecular weight is 141 g/mol. The Hall–Kier alpha value is -0.790. The lowest BCUT2D eigenvalue weighted by atomic mass is 10.2. The Morgan fingerprint density at radius 2 is 2.20 bits per heavy atom. The monoisotopic (exact) mass is 141 g/mol. The van der Waals surface area contributed by atoms with Gasteiger partial charge in [0.1, 0.15) is 0 Å². The van der Waals surface area contributed by atoms with Gasteiger partial charge in [-0.1, -0.05) is 31.5 Å². The molecule has 0 aromatic rings. The van der Waals surface area contributed by atoms with E-state index in [2.05, 4.69) is 18.2 Å². The first-order valence-electron chi connectivity index (χ1n) is 3.71. The summed E-state index contributed by atoms with van der Waals surface area (Å²) in [6.45, 7) is 4.17. The van der Waals surface area contributed by atoms with E-state index in [0.29, 0.717) is 0 Å². The molecule has 0 aliphatic carbocycles. The van der Waals surface area contributed by atoms with Crippen molar-refractivity contribution >= 4 is 6.21 Å². The second-order valence-electron chi connectivity index (χ2n) is 2.17. The molecule has 0 atom stereocenters. The minimum absolute atomic E-state index is 0.935. The van der Waals surface area contributed by atoms with Gasteiger partial charge in [-0.2, -0.15) is 0 Å². The van der Waals surface area contributed by atoms with Crippen LogP contribution >= 0.6 is 0 Å². The van der Waals surface area contributed by atoms with Crippen molar-refractivity contribution in [2.24, 2.45) is 5.16 Å². The largest absolute Gasteiger partial charge is 0.411 e. The highest BCUT2D eigenvalue weighted by molar-refractivity contribution is 5.77. The third kappa shape index (κ3) is 4.13. The van der Waals surface area contributed by atoms with Crippen LogP contribution in [0.3, 0.4) is 0 Å². The highest BCUT2D eigenvalue weighted by Gasteiger charge is 1.86. The van der Waals surface area contributed by atoms with Crippen LogP contribution in [0, 0.1) is 0 Å². The molecule has 0 heterocycles. The molecular formula is C8H15NO. The van der Waals surface area contributed by atoms with Crippen molar-refractivity contribution in [1.29, 1.82) is 0 Å². The molecule has 0 aliphatic heterocycles. The van der Waals surface area contributed by atoms with Crippen molar-refractivity contribution in [3.63, 3.8) is 0 Å². The Morgan fingerprint density at radius 3 is 2.60 bits per heavy atom. The minimum atomic E-state index is 0.935. The van der Waals surface area contributed by atoms with Crippen LogP contribution in [0.2, 0.25) is 0 Å². The lowest BCUT2D eigenvalue weighted by molar-refractivity contribution is 0.321. The van der Waals surface area contributed by atoms with Crippen molar-refractivity contribution < 1.29 is 5.21 Å². The predicted octanol–water partition coefficient (Wildman–Crippen LogP) is 2.58. The molecule has 58 valence electrons. The van der Waals surface area contributed by atoms with Gasteiger partial charge in [0, 0.05) is 0 Å². The number of hydrogen-bond donors (Lipinski definition) is 1. The third-order valence-electron chi connectivity index (χ3n) is 1.33. The van der Waals surface area contributed by atoms with Gasteiger partial charge in [-0.3, -0.25) is 0 Å². The second-order valence-corrected chi connectivity index (χ2v) is 2.17. The summed E-state index contributed by atoms with van der Waals surface area (Å²) in [5, 5.41) is 11.2. The summed E-state index contributed by atoms with van der Waals surface area (Å²) in [7, 11) is 0. The van der Waals surface area contributed by atoms with Crippen molar-refractivity contribution in [3.8, 4) is 0 Å². The maximum atomic E-state index is 8.20. The summed E-state index contributed by atoms with van der Waals surface area (Å²) in [6.07, 6.45) is 6.73. The van der Waals surface area contributed by atoms with Crippen molar-refractivity contribution in [1.82, 2.24) is 0 Å². The molecule has 0 bridgehead atoms. The SMILES string of the molecule is CCCC=C(C=NO)CC. The summed E-state index contributed by atoms with van der Waals surface area (Å²) < 4.78 is 0. The Labute approximate surface area is 62.2 Å². The van der Waals surface area contributed by atoms with Gasteiger partial charge in [0.25, 0.3) is 0 Å². The number of rotatable bonds is 4. The van der Waals surface area contributed by atoms with Gasteiger partial charge in [-0.05, 0) is 18.4 Å². The molecule has 0 aromatic heterocycles. The van der Waals surface area contributed by atoms with Gasteiger partial charge in [0.2, 0.25) is 0 Å². The number of hydrogen-bond acceptors (Lipinski definition) is 2. The minimum Gasteiger partial charge on any atom is -0.411 e. The predicted molar refractivity (Wildman–Crippen MR) is 43.6 cm³/mol. The fraction of sp³-hybridized carbons (Fsp3) is 0.625. The first kappa shape index (κ1) is 9.21. The van der Waals surface area contributed by atoms with Gasteiger partial charge in [-0.25, -0.2) is 0 Å². The van der Waals surface area contributed by atoms with Crippen molar-refractivity contribution in [3.05, 3.63) is 11.6 Å². The Balaban J connectivity index is 3.78. The normalized spacial score (nSPS) is 12.8. The van der Waals surface area contributed by atoms with E-state index in [-0.39, 0.29) is 0 Å². The van der Waals surface area contributed by atoms with E-state index in [9.17, 15) is 0 Å². The maximum absolute atomic E-state index is 8.20.